The zero-order chi connectivity index (χ0) is 19.2. The van der Waals surface area contributed by atoms with Crippen molar-refractivity contribution in [2.75, 3.05) is 11.9 Å². The number of aryl methyl sites for hydroxylation is 1. The van der Waals surface area contributed by atoms with Crippen molar-refractivity contribution in [1.29, 1.82) is 0 Å². The van der Waals surface area contributed by atoms with Crippen molar-refractivity contribution in [3.05, 3.63) is 82.6 Å². The number of halogens is 1. The Bertz CT molecular complexity index is 973. The molecule has 5 nitrogen and oxygen atoms in total. The molecular formula is C21H20ClN3O2. The molecule has 0 amide bonds. The summed E-state index contributed by atoms with van der Waals surface area (Å²) in [5, 5.41) is 16.8. The molecule has 1 heterocycles. The summed E-state index contributed by atoms with van der Waals surface area (Å²) in [6.07, 6.45) is 3.37. The monoisotopic (exact) mass is 381 g/mol. The molecule has 2 N–H and O–H groups in total. The highest BCUT2D eigenvalue weighted by Crippen LogP contribution is 2.30. The number of oxime groups is 1. The zero-order valence-corrected chi connectivity index (χ0v) is 15.9. The maximum atomic E-state index is 9.57. The first kappa shape index (κ1) is 18.7. The minimum Gasteiger partial charge on any atom is -0.492 e. The Labute approximate surface area is 163 Å². The Hall–Kier alpha value is -3.05. The standard InChI is InChI=1S/C21H20ClN3O2/c1-3-27-20-10-11-23-13-19(20)24-15-8-9-17(18(22)12-15)21(25-26)16-7-5-4-6-14(16)2/h4-13,24,26H,3H2,1-2H3. The molecule has 0 atom stereocenters. The Balaban J connectivity index is 1.91. The molecule has 2 aromatic carbocycles. The lowest BCUT2D eigenvalue weighted by Gasteiger charge is -2.14. The van der Waals surface area contributed by atoms with Gasteiger partial charge in [0.1, 0.15) is 11.5 Å². The van der Waals surface area contributed by atoms with E-state index < -0.39 is 0 Å². The fraction of sp³-hybridized carbons (Fsp3) is 0.143. The lowest BCUT2D eigenvalue weighted by molar-refractivity contribution is 0.319. The third-order valence-corrected chi connectivity index (χ3v) is 4.40. The normalized spacial score (nSPS) is 11.3. The van der Waals surface area contributed by atoms with Crippen molar-refractivity contribution in [1.82, 2.24) is 4.98 Å². The first-order valence-electron chi connectivity index (χ1n) is 8.55. The summed E-state index contributed by atoms with van der Waals surface area (Å²) in [6.45, 7) is 4.45. The van der Waals surface area contributed by atoms with Gasteiger partial charge in [-0.2, -0.15) is 0 Å². The van der Waals surface area contributed by atoms with Gasteiger partial charge in [0.05, 0.1) is 23.5 Å². The third-order valence-electron chi connectivity index (χ3n) is 4.08. The van der Waals surface area contributed by atoms with Crippen molar-refractivity contribution in [2.24, 2.45) is 5.16 Å². The largest absolute Gasteiger partial charge is 0.492 e. The van der Waals surface area contributed by atoms with Crippen LogP contribution in [0.2, 0.25) is 5.02 Å². The summed E-state index contributed by atoms with van der Waals surface area (Å²) in [5.41, 5.74) is 4.43. The SMILES string of the molecule is CCOc1ccncc1Nc1ccc(C(=NO)c2ccccc2C)c(Cl)c1. The Kier molecular flexibility index (Phi) is 5.94. The Morgan fingerprint density at radius 1 is 1.19 bits per heavy atom. The fourth-order valence-electron chi connectivity index (χ4n) is 2.79. The van der Waals surface area contributed by atoms with Crippen molar-refractivity contribution < 1.29 is 9.94 Å². The van der Waals surface area contributed by atoms with Gasteiger partial charge in [0.2, 0.25) is 0 Å². The average Bonchev–Trinajstić information content (AvgIpc) is 2.67. The van der Waals surface area contributed by atoms with Gasteiger partial charge in [-0.15, -0.1) is 0 Å². The average molecular weight is 382 g/mol. The quantitative estimate of drug-likeness (QED) is 0.340. The maximum absolute atomic E-state index is 9.57. The number of anilines is 2. The first-order chi connectivity index (χ1) is 13.1. The van der Waals surface area contributed by atoms with Gasteiger partial charge in [-0.05, 0) is 37.6 Å². The van der Waals surface area contributed by atoms with Gasteiger partial charge in [-0.3, -0.25) is 4.98 Å². The molecule has 0 radical (unpaired) electrons. The van der Waals surface area contributed by atoms with Gasteiger partial charge in [-0.1, -0.05) is 41.0 Å². The first-order valence-corrected chi connectivity index (χ1v) is 8.93. The molecule has 0 unspecified atom stereocenters. The van der Waals surface area contributed by atoms with Crippen LogP contribution in [0.4, 0.5) is 11.4 Å². The number of benzene rings is 2. The molecule has 3 rings (SSSR count). The lowest BCUT2D eigenvalue weighted by Crippen LogP contribution is -2.07. The molecule has 0 saturated carbocycles. The molecule has 0 aliphatic carbocycles. The van der Waals surface area contributed by atoms with Crippen LogP contribution in [0.3, 0.4) is 0 Å². The second-order valence-electron chi connectivity index (χ2n) is 5.89. The summed E-state index contributed by atoms with van der Waals surface area (Å²) >= 11 is 6.49. The van der Waals surface area contributed by atoms with Crippen LogP contribution in [0.25, 0.3) is 0 Å². The van der Waals surface area contributed by atoms with Crippen LogP contribution in [0.15, 0.2) is 66.1 Å². The summed E-state index contributed by atoms with van der Waals surface area (Å²) in [5.74, 6) is 0.713. The number of aromatic nitrogens is 1. The zero-order valence-electron chi connectivity index (χ0n) is 15.1. The van der Waals surface area contributed by atoms with Gasteiger partial charge in [-0.25, -0.2) is 0 Å². The van der Waals surface area contributed by atoms with Crippen molar-refractivity contribution in [3.63, 3.8) is 0 Å². The molecule has 6 heteroatoms. The van der Waals surface area contributed by atoms with E-state index in [9.17, 15) is 5.21 Å². The fourth-order valence-corrected chi connectivity index (χ4v) is 3.06. The van der Waals surface area contributed by atoms with E-state index in [-0.39, 0.29) is 0 Å². The number of nitrogens with zero attached hydrogens (tertiary/aromatic N) is 2. The minimum absolute atomic E-state index is 0.432. The molecule has 0 aliphatic heterocycles. The maximum Gasteiger partial charge on any atom is 0.145 e. The van der Waals surface area contributed by atoms with Crippen LogP contribution in [0, 0.1) is 6.92 Å². The number of hydrogen-bond donors (Lipinski definition) is 2. The third kappa shape index (κ3) is 4.20. The predicted molar refractivity (Wildman–Crippen MR) is 109 cm³/mol. The number of pyridine rings is 1. The molecule has 0 bridgehead atoms. The molecule has 0 fully saturated rings. The van der Waals surface area contributed by atoms with Gasteiger partial charge >= 0.3 is 0 Å². The van der Waals surface area contributed by atoms with Crippen LogP contribution < -0.4 is 10.1 Å². The van der Waals surface area contributed by atoms with Gasteiger partial charge < -0.3 is 15.3 Å². The van der Waals surface area contributed by atoms with Crippen LogP contribution >= 0.6 is 11.6 Å². The highest BCUT2D eigenvalue weighted by molar-refractivity contribution is 6.35. The van der Waals surface area contributed by atoms with E-state index in [0.29, 0.717) is 28.7 Å². The lowest BCUT2D eigenvalue weighted by atomic mass is 9.98. The molecule has 0 aliphatic rings. The second-order valence-corrected chi connectivity index (χ2v) is 6.30. The van der Waals surface area contributed by atoms with E-state index in [1.165, 1.54) is 0 Å². The van der Waals surface area contributed by atoms with E-state index >= 15 is 0 Å². The van der Waals surface area contributed by atoms with E-state index in [2.05, 4.69) is 15.5 Å². The van der Waals surface area contributed by atoms with Crippen LogP contribution in [0.5, 0.6) is 5.75 Å². The summed E-state index contributed by atoms with van der Waals surface area (Å²) in [6, 6.07) is 15.0. The van der Waals surface area contributed by atoms with Crippen LogP contribution in [0.1, 0.15) is 23.6 Å². The molecule has 1 aromatic heterocycles. The smallest absolute Gasteiger partial charge is 0.145 e. The van der Waals surface area contributed by atoms with Crippen molar-refractivity contribution >= 4 is 28.7 Å². The highest BCUT2D eigenvalue weighted by atomic mass is 35.5. The van der Waals surface area contributed by atoms with Crippen molar-refractivity contribution in [2.45, 2.75) is 13.8 Å². The topological polar surface area (TPSA) is 66.7 Å². The Morgan fingerprint density at radius 2 is 2.00 bits per heavy atom. The second kappa shape index (κ2) is 8.56. The highest BCUT2D eigenvalue weighted by Gasteiger charge is 2.14. The Morgan fingerprint density at radius 3 is 2.70 bits per heavy atom. The van der Waals surface area contributed by atoms with E-state index in [1.807, 2.05) is 50.2 Å². The number of rotatable bonds is 6. The molecule has 0 saturated heterocycles. The summed E-state index contributed by atoms with van der Waals surface area (Å²) in [4.78, 5) is 4.13. The summed E-state index contributed by atoms with van der Waals surface area (Å²) in [7, 11) is 0. The number of ether oxygens (including phenoxy) is 1. The van der Waals surface area contributed by atoms with Gasteiger partial charge in [0.25, 0.3) is 0 Å². The predicted octanol–water partition coefficient (Wildman–Crippen LogP) is 5.41. The molecule has 138 valence electrons. The van der Waals surface area contributed by atoms with Gasteiger partial charge in [0.15, 0.2) is 0 Å². The molecule has 27 heavy (non-hydrogen) atoms. The van der Waals surface area contributed by atoms with Gasteiger partial charge in [0, 0.05) is 29.1 Å². The number of nitrogens with one attached hydrogen (secondary N) is 1. The van der Waals surface area contributed by atoms with Crippen LogP contribution in [-0.2, 0) is 0 Å². The van der Waals surface area contributed by atoms with Crippen LogP contribution in [-0.4, -0.2) is 22.5 Å². The minimum atomic E-state index is 0.432. The molecule has 3 aromatic rings. The molecular weight excluding hydrogens is 362 g/mol. The van der Waals surface area contributed by atoms with E-state index in [1.54, 1.807) is 24.5 Å². The van der Waals surface area contributed by atoms with E-state index in [0.717, 1.165) is 22.5 Å². The summed E-state index contributed by atoms with van der Waals surface area (Å²) < 4.78 is 5.60. The van der Waals surface area contributed by atoms with E-state index in [4.69, 9.17) is 16.3 Å². The molecule has 0 spiro atoms. The number of hydrogen-bond acceptors (Lipinski definition) is 5. The van der Waals surface area contributed by atoms with Crippen molar-refractivity contribution in [3.8, 4) is 5.75 Å².